The Morgan fingerprint density at radius 1 is 0.339 bits per heavy atom. The van der Waals surface area contributed by atoms with Gasteiger partial charge in [0.2, 0.25) is 0 Å². The van der Waals surface area contributed by atoms with E-state index in [0.717, 1.165) is 33.4 Å². The number of hydrogen-bond acceptors (Lipinski definition) is 2. The van der Waals surface area contributed by atoms with E-state index in [-0.39, 0.29) is 0 Å². The molecule has 11 aromatic rings. The first-order valence-corrected chi connectivity index (χ1v) is 19.2. The van der Waals surface area contributed by atoms with Crippen LogP contribution in [0.1, 0.15) is 11.1 Å². The zero-order valence-corrected chi connectivity index (χ0v) is 31.1. The smallest absolute Gasteiger partial charge is 0.160 e. The maximum Gasteiger partial charge on any atom is 0.160 e. The number of aryl methyl sites for hydroxylation is 2. The van der Waals surface area contributed by atoms with Crippen molar-refractivity contribution >= 4 is 54.5 Å². The first-order valence-electron chi connectivity index (χ1n) is 19.2. The van der Waals surface area contributed by atoms with E-state index in [2.05, 4.69) is 187 Å². The van der Waals surface area contributed by atoms with Crippen molar-refractivity contribution in [2.45, 2.75) is 13.8 Å². The minimum atomic E-state index is 0.716. The average Bonchev–Trinajstić information content (AvgIpc) is 3.75. The third kappa shape index (κ3) is 5.14. The van der Waals surface area contributed by atoms with Crippen LogP contribution in [0.2, 0.25) is 0 Å². The van der Waals surface area contributed by atoms with Gasteiger partial charge in [-0.15, -0.1) is 0 Å². The molecule has 0 spiro atoms. The van der Waals surface area contributed by atoms with Crippen LogP contribution in [-0.4, -0.2) is 19.1 Å². The van der Waals surface area contributed by atoms with Gasteiger partial charge in [0.05, 0.1) is 33.3 Å². The van der Waals surface area contributed by atoms with Gasteiger partial charge >= 0.3 is 0 Å². The Morgan fingerprint density at radius 3 is 1.64 bits per heavy atom. The lowest BCUT2D eigenvalue weighted by molar-refractivity contribution is 1.16. The summed E-state index contributed by atoms with van der Waals surface area (Å²) < 4.78 is 4.80. The second kappa shape index (κ2) is 12.6. The molecular formula is C52H36N4. The minimum absolute atomic E-state index is 0.716. The van der Waals surface area contributed by atoms with Crippen LogP contribution in [0.25, 0.3) is 99.7 Å². The summed E-state index contributed by atoms with van der Waals surface area (Å²) in [5, 5.41) is 6.01. The van der Waals surface area contributed by atoms with E-state index in [4.69, 9.17) is 9.97 Å². The number of rotatable bonds is 5. The van der Waals surface area contributed by atoms with E-state index in [9.17, 15) is 0 Å². The topological polar surface area (TPSA) is 35.6 Å². The number of fused-ring (bicyclic) bond motifs is 7. The molecule has 0 radical (unpaired) electrons. The van der Waals surface area contributed by atoms with E-state index in [1.54, 1.807) is 0 Å². The lowest BCUT2D eigenvalue weighted by atomic mass is 10.0. The van der Waals surface area contributed by atoms with Gasteiger partial charge in [-0.1, -0.05) is 109 Å². The monoisotopic (exact) mass is 716 g/mol. The molecule has 3 aromatic heterocycles. The van der Waals surface area contributed by atoms with E-state index >= 15 is 0 Å². The van der Waals surface area contributed by atoms with Gasteiger partial charge in [0.25, 0.3) is 0 Å². The largest absolute Gasteiger partial charge is 0.309 e. The van der Waals surface area contributed by atoms with Gasteiger partial charge in [-0.05, 0) is 109 Å². The molecule has 56 heavy (non-hydrogen) atoms. The third-order valence-electron chi connectivity index (χ3n) is 11.2. The predicted octanol–water partition coefficient (Wildman–Crippen LogP) is 13.4. The summed E-state index contributed by atoms with van der Waals surface area (Å²) in [4.78, 5) is 10.1. The van der Waals surface area contributed by atoms with E-state index < -0.39 is 0 Å². The second-order valence-corrected chi connectivity index (χ2v) is 14.8. The van der Waals surface area contributed by atoms with Gasteiger partial charge in [-0.3, -0.25) is 0 Å². The average molecular weight is 717 g/mol. The van der Waals surface area contributed by atoms with E-state index in [1.807, 2.05) is 18.2 Å². The minimum Gasteiger partial charge on any atom is -0.309 e. The van der Waals surface area contributed by atoms with Gasteiger partial charge in [0.15, 0.2) is 5.82 Å². The molecule has 0 saturated carbocycles. The third-order valence-corrected chi connectivity index (χ3v) is 11.2. The fraction of sp³-hybridized carbons (Fsp3) is 0.0385. The fourth-order valence-electron chi connectivity index (χ4n) is 8.72. The normalized spacial score (nSPS) is 11.8. The zero-order chi connectivity index (χ0) is 37.3. The van der Waals surface area contributed by atoms with Gasteiger partial charge in [-0.25, -0.2) is 9.97 Å². The molecule has 4 nitrogen and oxygen atoms in total. The molecule has 0 unspecified atom stereocenters. The number of hydrogen-bond donors (Lipinski definition) is 0. The number of aromatic nitrogens is 4. The summed E-state index contributed by atoms with van der Waals surface area (Å²) in [5.74, 6) is 0.716. The Kier molecular flexibility index (Phi) is 7.26. The van der Waals surface area contributed by atoms with Gasteiger partial charge < -0.3 is 9.13 Å². The van der Waals surface area contributed by atoms with Crippen molar-refractivity contribution in [2.75, 3.05) is 0 Å². The highest BCUT2D eigenvalue weighted by molar-refractivity contribution is 6.12. The van der Waals surface area contributed by atoms with Crippen LogP contribution in [0.4, 0.5) is 0 Å². The van der Waals surface area contributed by atoms with Crippen molar-refractivity contribution in [2.24, 2.45) is 0 Å². The Balaban J connectivity index is 1.04. The molecule has 8 aromatic carbocycles. The van der Waals surface area contributed by atoms with E-state index in [1.165, 1.54) is 71.6 Å². The summed E-state index contributed by atoms with van der Waals surface area (Å²) in [5.41, 5.74) is 15.9. The molecule has 0 N–H and O–H groups in total. The first kappa shape index (κ1) is 32.2. The van der Waals surface area contributed by atoms with Gasteiger partial charge in [0, 0.05) is 49.4 Å². The van der Waals surface area contributed by atoms with Crippen LogP contribution in [0.15, 0.2) is 182 Å². The molecule has 0 aliphatic carbocycles. The highest BCUT2D eigenvalue weighted by Gasteiger charge is 2.17. The van der Waals surface area contributed by atoms with E-state index in [0.29, 0.717) is 5.82 Å². The molecule has 0 saturated heterocycles. The molecule has 0 fully saturated rings. The zero-order valence-electron chi connectivity index (χ0n) is 31.1. The van der Waals surface area contributed by atoms with Crippen molar-refractivity contribution < 1.29 is 0 Å². The second-order valence-electron chi connectivity index (χ2n) is 14.8. The van der Waals surface area contributed by atoms with Crippen molar-refractivity contribution in [3.8, 4) is 45.1 Å². The van der Waals surface area contributed by atoms with Gasteiger partial charge in [-0.2, -0.15) is 0 Å². The van der Waals surface area contributed by atoms with Crippen molar-refractivity contribution in [3.63, 3.8) is 0 Å². The molecule has 4 heteroatoms. The Labute approximate surface area is 324 Å². The summed E-state index contributed by atoms with van der Waals surface area (Å²) in [6, 6.07) is 65.4. The molecule has 0 atom stereocenters. The molecule has 0 amide bonds. The summed E-state index contributed by atoms with van der Waals surface area (Å²) in [6.45, 7) is 4.35. The summed E-state index contributed by atoms with van der Waals surface area (Å²) in [7, 11) is 0. The molecular weight excluding hydrogens is 681 g/mol. The summed E-state index contributed by atoms with van der Waals surface area (Å²) in [6.07, 6.45) is 0. The number of para-hydroxylation sites is 3. The molecule has 0 aliphatic rings. The Morgan fingerprint density at radius 2 is 0.893 bits per heavy atom. The highest BCUT2D eigenvalue weighted by Crippen LogP contribution is 2.39. The first-order chi connectivity index (χ1) is 27.6. The highest BCUT2D eigenvalue weighted by atomic mass is 15.0. The van der Waals surface area contributed by atoms with Crippen LogP contribution in [-0.2, 0) is 0 Å². The fourth-order valence-corrected chi connectivity index (χ4v) is 8.72. The molecule has 3 heterocycles. The number of benzene rings is 8. The molecule has 11 rings (SSSR count). The maximum atomic E-state index is 5.13. The molecule has 0 bridgehead atoms. The van der Waals surface area contributed by atoms with Crippen LogP contribution in [0.3, 0.4) is 0 Å². The van der Waals surface area contributed by atoms with Crippen molar-refractivity contribution in [1.82, 2.24) is 19.1 Å². The van der Waals surface area contributed by atoms with Crippen LogP contribution in [0, 0.1) is 13.8 Å². The Bertz CT molecular complexity index is 3290. The van der Waals surface area contributed by atoms with Crippen LogP contribution in [0.5, 0.6) is 0 Å². The molecule has 264 valence electrons. The quantitative estimate of drug-likeness (QED) is 0.178. The summed E-state index contributed by atoms with van der Waals surface area (Å²) >= 11 is 0. The molecule has 0 aliphatic heterocycles. The lowest BCUT2D eigenvalue weighted by Crippen LogP contribution is -1.97. The standard InChI is InChI=1S/C52H36N4/c1-33-28-34(2)30-40(29-33)56-48-19-11-8-15-42(48)45-31-37(23-27-49(45)56)38-22-26-43-41-14-7-10-18-47(41)55(50(43)32-38)39-24-20-36(21-25-39)52-53-46-17-9-6-16-44(46)51(54-52)35-12-4-3-5-13-35/h3-32H,1-2H3. The predicted molar refractivity (Wildman–Crippen MR) is 234 cm³/mol. The van der Waals surface area contributed by atoms with Crippen LogP contribution < -0.4 is 0 Å². The van der Waals surface area contributed by atoms with Crippen molar-refractivity contribution in [3.05, 3.63) is 193 Å². The van der Waals surface area contributed by atoms with Crippen LogP contribution >= 0.6 is 0 Å². The van der Waals surface area contributed by atoms with Crippen molar-refractivity contribution in [1.29, 1.82) is 0 Å². The SMILES string of the molecule is Cc1cc(C)cc(-n2c3ccccc3c3cc(-c4ccc5c6ccccc6n(-c6ccc(-c7nc(-c8ccccc8)c8ccccc8n7)cc6)c5c4)ccc32)c1. The maximum absolute atomic E-state index is 5.13. The number of nitrogens with zero attached hydrogens (tertiary/aromatic N) is 4. The lowest BCUT2D eigenvalue weighted by Gasteiger charge is -2.12. The van der Waals surface area contributed by atoms with Gasteiger partial charge in [0.1, 0.15) is 0 Å². The Hall–Kier alpha value is -7.30.